The summed E-state index contributed by atoms with van der Waals surface area (Å²) in [5, 5.41) is 6.53. The smallest absolute Gasteiger partial charge is 0.238 e. The van der Waals surface area contributed by atoms with Gasteiger partial charge in [0.05, 0.1) is 10.7 Å². The summed E-state index contributed by atoms with van der Waals surface area (Å²) in [6.45, 7) is 1.83. The van der Waals surface area contributed by atoms with E-state index in [4.69, 9.17) is 22.1 Å². The maximum Gasteiger partial charge on any atom is 0.238 e. The summed E-state index contributed by atoms with van der Waals surface area (Å²) in [4.78, 5) is 0. The minimum atomic E-state index is -0.579. The zero-order valence-corrected chi connectivity index (χ0v) is 9.18. The molecule has 0 amide bonds. The molecule has 0 unspecified atom stereocenters. The van der Waals surface area contributed by atoms with Gasteiger partial charge in [-0.05, 0) is 6.92 Å². The average Bonchev–Trinajstić information content (AvgIpc) is 2.60. The van der Waals surface area contributed by atoms with Crippen molar-refractivity contribution < 1.29 is 9.13 Å². The van der Waals surface area contributed by atoms with Crippen molar-refractivity contribution in [3.8, 4) is 11.6 Å². The highest BCUT2D eigenvalue weighted by Gasteiger charge is 2.09. The highest BCUT2D eigenvalue weighted by atomic mass is 35.5. The van der Waals surface area contributed by atoms with Crippen LogP contribution in [0.3, 0.4) is 0 Å². The molecule has 4 nitrogen and oxygen atoms in total. The second-order valence-electron chi connectivity index (χ2n) is 3.30. The molecule has 16 heavy (non-hydrogen) atoms. The number of ether oxygens (including phenoxy) is 1. The lowest BCUT2D eigenvalue weighted by Crippen LogP contribution is -1.94. The van der Waals surface area contributed by atoms with Crippen molar-refractivity contribution in [3.63, 3.8) is 0 Å². The number of nitrogens with two attached hydrogens (primary N) is 1. The van der Waals surface area contributed by atoms with Gasteiger partial charge in [-0.2, -0.15) is 0 Å². The second-order valence-corrected chi connectivity index (χ2v) is 3.70. The van der Waals surface area contributed by atoms with E-state index in [2.05, 4.69) is 10.2 Å². The number of benzene rings is 1. The van der Waals surface area contributed by atoms with Crippen molar-refractivity contribution in [2.45, 2.75) is 6.92 Å². The fourth-order valence-corrected chi connectivity index (χ4v) is 1.34. The number of nitrogens with zero attached hydrogens (tertiary/aromatic N) is 1. The lowest BCUT2D eigenvalue weighted by atomic mass is 10.3. The number of nitrogens with one attached hydrogen (secondary N) is 1. The molecule has 2 rings (SSSR count). The number of nitrogen functional groups attached to an aromatic ring is 1. The van der Waals surface area contributed by atoms with Crippen LogP contribution in [0, 0.1) is 12.7 Å². The van der Waals surface area contributed by atoms with Crippen molar-refractivity contribution in [2.75, 3.05) is 5.73 Å². The SMILES string of the molecule is Cc1cc(Oc2cc(Cl)c(F)cc2N)n[nH]1. The van der Waals surface area contributed by atoms with Gasteiger partial charge in [0, 0.05) is 23.9 Å². The van der Waals surface area contributed by atoms with Crippen molar-refractivity contribution in [3.05, 3.63) is 34.7 Å². The van der Waals surface area contributed by atoms with Gasteiger partial charge in [-0.1, -0.05) is 11.6 Å². The fourth-order valence-electron chi connectivity index (χ4n) is 1.19. The van der Waals surface area contributed by atoms with Gasteiger partial charge >= 0.3 is 0 Å². The lowest BCUT2D eigenvalue weighted by molar-refractivity contribution is 0.462. The Labute approximate surface area is 96.2 Å². The van der Waals surface area contributed by atoms with Crippen molar-refractivity contribution in [1.82, 2.24) is 10.2 Å². The molecule has 0 atom stereocenters. The number of hydrogen-bond acceptors (Lipinski definition) is 3. The lowest BCUT2D eigenvalue weighted by Gasteiger charge is -2.06. The Bertz CT molecular complexity index is 527. The molecule has 1 heterocycles. The van der Waals surface area contributed by atoms with Crippen molar-refractivity contribution >= 4 is 17.3 Å². The van der Waals surface area contributed by atoms with Gasteiger partial charge in [0.25, 0.3) is 0 Å². The molecular formula is C10H9ClFN3O. The molecule has 84 valence electrons. The number of hydrogen-bond donors (Lipinski definition) is 2. The minimum Gasteiger partial charge on any atom is -0.435 e. The van der Waals surface area contributed by atoms with Gasteiger partial charge in [0.15, 0.2) is 5.75 Å². The van der Waals surface area contributed by atoms with Crippen LogP contribution in [-0.4, -0.2) is 10.2 Å². The van der Waals surface area contributed by atoms with E-state index in [1.807, 2.05) is 6.92 Å². The molecule has 0 saturated carbocycles. The van der Waals surface area contributed by atoms with Crippen molar-refractivity contribution in [2.24, 2.45) is 0 Å². The Hall–Kier alpha value is -1.75. The van der Waals surface area contributed by atoms with E-state index in [1.54, 1.807) is 6.07 Å². The predicted octanol–water partition coefficient (Wildman–Crippen LogP) is 2.89. The Balaban J connectivity index is 2.31. The monoisotopic (exact) mass is 241 g/mol. The normalized spacial score (nSPS) is 10.4. The van der Waals surface area contributed by atoms with Crippen molar-refractivity contribution in [1.29, 1.82) is 0 Å². The summed E-state index contributed by atoms with van der Waals surface area (Å²) in [6.07, 6.45) is 0. The predicted molar refractivity (Wildman–Crippen MR) is 59.2 cm³/mol. The molecular weight excluding hydrogens is 233 g/mol. The molecule has 0 saturated heterocycles. The zero-order valence-electron chi connectivity index (χ0n) is 8.42. The molecule has 1 aromatic carbocycles. The van der Waals surface area contributed by atoms with Crippen LogP contribution in [0.15, 0.2) is 18.2 Å². The van der Waals surface area contributed by atoms with E-state index in [1.165, 1.54) is 6.07 Å². The number of halogens is 2. The number of aromatic amines is 1. The molecule has 6 heteroatoms. The first kappa shape index (κ1) is 10.8. The quantitative estimate of drug-likeness (QED) is 0.795. The largest absolute Gasteiger partial charge is 0.435 e. The maximum absolute atomic E-state index is 13.0. The number of aromatic nitrogens is 2. The van der Waals surface area contributed by atoms with E-state index in [0.717, 1.165) is 11.8 Å². The Kier molecular flexibility index (Phi) is 2.70. The zero-order chi connectivity index (χ0) is 11.7. The number of aryl methyl sites for hydroxylation is 1. The molecule has 0 aliphatic carbocycles. The molecule has 2 aromatic rings. The molecule has 3 N–H and O–H groups in total. The third-order valence-electron chi connectivity index (χ3n) is 1.95. The van der Waals surface area contributed by atoms with Crippen LogP contribution in [0.4, 0.5) is 10.1 Å². The van der Waals surface area contributed by atoms with E-state index in [-0.39, 0.29) is 16.5 Å². The summed E-state index contributed by atoms with van der Waals surface area (Å²) in [6, 6.07) is 4.12. The number of anilines is 1. The molecule has 0 spiro atoms. The van der Waals surface area contributed by atoms with Gasteiger partial charge in [-0.3, -0.25) is 5.10 Å². The summed E-state index contributed by atoms with van der Waals surface area (Å²) < 4.78 is 18.4. The highest BCUT2D eigenvalue weighted by Crippen LogP contribution is 2.31. The van der Waals surface area contributed by atoms with Crippen LogP contribution in [0.5, 0.6) is 11.6 Å². The van der Waals surface area contributed by atoms with Crippen LogP contribution in [-0.2, 0) is 0 Å². The van der Waals surface area contributed by atoms with E-state index in [9.17, 15) is 4.39 Å². The standard InChI is InChI=1S/C10H9ClFN3O/c1-5-2-10(15-14-5)16-9-3-6(11)7(12)4-8(9)13/h2-4H,13H2,1H3,(H,14,15). The first-order chi connectivity index (χ1) is 7.56. The molecule has 0 bridgehead atoms. The Morgan fingerprint density at radius 1 is 1.44 bits per heavy atom. The summed E-state index contributed by atoms with van der Waals surface area (Å²) in [7, 11) is 0. The van der Waals surface area contributed by atoms with Gasteiger partial charge in [-0.25, -0.2) is 4.39 Å². The van der Waals surface area contributed by atoms with Gasteiger partial charge in [0.1, 0.15) is 5.82 Å². The Morgan fingerprint density at radius 3 is 2.81 bits per heavy atom. The second kappa shape index (κ2) is 4.02. The molecule has 1 aromatic heterocycles. The summed E-state index contributed by atoms with van der Waals surface area (Å²) in [5.74, 6) is 0.0505. The van der Waals surface area contributed by atoms with Crippen LogP contribution < -0.4 is 10.5 Å². The average molecular weight is 242 g/mol. The number of H-pyrrole nitrogens is 1. The van der Waals surface area contributed by atoms with E-state index < -0.39 is 5.82 Å². The van der Waals surface area contributed by atoms with Gasteiger partial charge in [-0.15, -0.1) is 5.10 Å². The van der Waals surface area contributed by atoms with Crippen LogP contribution in [0.2, 0.25) is 5.02 Å². The number of rotatable bonds is 2. The van der Waals surface area contributed by atoms with E-state index >= 15 is 0 Å². The third-order valence-corrected chi connectivity index (χ3v) is 2.24. The molecule has 0 fully saturated rings. The Morgan fingerprint density at radius 2 is 2.19 bits per heavy atom. The first-order valence-electron chi connectivity index (χ1n) is 4.50. The molecule has 0 aliphatic rings. The highest BCUT2D eigenvalue weighted by molar-refractivity contribution is 6.31. The fraction of sp³-hybridized carbons (Fsp3) is 0.100. The van der Waals surface area contributed by atoms with Crippen LogP contribution >= 0.6 is 11.6 Å². The van der Waals surface area contributed by atoms with E-state index in [0.29, 0.717) is 5.88 Å². The van der Waals surface area contributed by atoms with Crippen LogP contribution in [0.25, 0.3) is 0 Å². The molecule has 0 aliphatic heterocycles. The summed E-state index contributed by atoms with van der Waals surface area (Å²) in [5.41, 5.74) is 6.60. The first-order valence-corrected chi connectivity index (χ1v) is 4.88. The minimum absolute atomic E-state index is 0.0449. The summed E-state index contributed by atoms with van der Waals surface area (Å²) >= 11 is 5.62. The van der Waals surface area contributed by atoms with Crippen LogP contribution in [0.1, 0.15) is 5.69 Å². The van der Waals surface area contributed by atoms with Gasteiger partial charge < -0.3 is 10.5 Å². The topological polar surface area (TPSA) is 63.9 Å². The molecule has 0 radical (unpaired) electrons. The third kappa shape index (κ3) is 2.09. The maximum atomic E-state index is 13.0. The van der Waals surface area contributed by atoms with Gasteiger partial charge in [0.2, 0.25) is 5.88 Å².